The molecule has 2 N–H and O–H groups in total. The standard InChI is InChI=1S/C16H33NO3/c1-3-4-9-19-10-11-20-13-15(18)12-17-16-8-6-5-7-14(16)2/h14-18H,3-13H2,1-2H3. The first-order valence-electron chi connectivity index (χ1n) is 8.31. The maximum atomic E-state index is 9.88. The summed E-state index contributed by atoms with van der Waals surface area (Å²) in [6.07, 6.45) is 7.04. The molecule has 4 heteroatoms. The predicted molar refractivity (Wildman–Crippen MR) is 82.0 cm³/mol. The van der Waals surface area contributed by atoms with Crippen molar-refractivity contribution in [3.05, 3.63) is 0 Å². The van der Waals surface area contributed by atoms with Crippen LogP contribution in [0.1, 0.15) is 52.4 Å². The van der Waals surface area contributed by atoms with Crippen molar-refractivity contribution in [1.29, 1.82) is 0 Å². The Bertz CT molecular complexity index is 226. The van der Waals surface area contributed by atoms with Crippen molar-refractivity contribution in [1.82, 2.24) is 5.32 Å². The first kappa shape index (κ1) is 17.9. The highest BCUT2D eigenvalue weighted by atomic mass is 16.5. The van der Waals surface area contributed by atoms with Crippen LogP contribution in [-0.2, 0) is 9.47 Å². The molecule has 1 saturated carbocycles. The third-order valence-corrected chi connectivity index (χ3v) is 4.05. The summed E-state index contributed by atoms with van der Waals surface area (Å²) in [6.45, 7) is 7.48. The van der Waals surface area contributed by atoms with Gasteiger partial charge in [0.2, 0.25) is 0 Å². The number of rotatable bonds is 11. The molecule has 0 radical (unpaired) electrons. The molecular formula is C16H33NO3. The molecule has 0 aliphatic heterocycles. The second-order valence-corrected chi connectivity index (χ2v) is 5.97. The van der Waals surface area contributed by atoms with E-state index in [1.807, 2.05) is 0 Å². The van der Waals surface area contributed by atoms with Gasteiger partial charge in [-0.15, -0.1) is 0 Å². The van der Waals surface area contributed by atoms with E-state index >= 15 is 0 Å². The summed E-state index contributed by atoms with van der Waals surface area (Å²) in [5.41, 5.74) is 0. The summed E-state index contributed by atoms with van der Waals surface area (Å²) in [5.74, 6) is 0.726. The van der Waals surface area contributed by atoms with Crippen molar-refractivity contribution in [3.63, 3.8) is 0 Å². The molecule has 0 amide bonds. The Labute approximate surface area is 124 Å². The van der Waals surface area contributed by atoms with E-state index < -0.39 is 6.10 Å². The normalized spacial score (nSPS) is 24.8. The maximum Gasteiger partial charge on any atom is 0.0897 e. The highest BCUT2D eigenvalue weighted by Crippen LogP contribution is 2.23. The molecule has 0 spiro atoms. The number of nitrogens with one attached hydrogen (secondary N) is 1. The zero-order valence-electron chi connectivity index (χ0n) is 13.3. The lowest BCUT2D eigenvalue weighted by Crippen LogP contribution is -2.42. The van der Waals surface area contributed by atoms with E-state index in [0.29, 0.717) is 32.4 Å². The van der Waals surface area contributed by atoms with Gasteiger partial charge in [0.25, 0.3) is 0 Å². The molecule has 1 rings (SSSR count). The SMILES string of the molecule is CCCCOCCOCC(O)CNC1CCCCC1C. The Morgan fingerprint density at radius 3 is 2.65 bits per heavy atom. The smallest absolute Gasteiger partial charge is 0.0897 e. The molecular weight excluding hydrogens is 254 g/mol. The van der Waals surface area contributed by atoms with Crippen LogP contribution in [0.4, 0.5) is 0 Å². The second kappa shape index (κ2) is 11.5. The van der Waals surface area contributed by atoms with Crippen LogP contribution >= 0.6 is 0 Å². The number of ether oxygens (including phenoxy) is 2. The van der Waals surface area contributed by atoms with Gasteiger partial charge in [-0.3, -0.25) is 0 Å². The Kier molecular flexibility index (Phi) is 10.3. The average Bonchev–Trinajstić information content (AvgIpc) is 2.45. The third-order valence-electron chi connectivity index (χ3n) is 4.05. The zero-order chi connectivity index (χ0) is 14.6. The van der Waals surface area contributed by atoms with Gasteiger partial charge in [-0.05, 0) is 25.2 Å². The fraction of sp³-hybridized carbons (Fsp3) is 1.00. The number of aliphatic hydroxyl groups is 1. The van der Waals surface area contributed by atoms with E-state index in [1.165, 1.54) is 25.7 Å². The Morgan fingerprint density at radius 1 is 1.15 bits per heavy atom. The van der Waals surface area contributed by atoms with E-state index in [-0.39, 0.29) is 0 Å². The average molecular weight is 287 g/mol. The van der Waals surface area contributed by atoms with Crippen molar-refractivity contribution in [2.24, 2.45) is 5.92 Å². The van der Waals surface area contributed by atoms with E-state index in [0.717, 1.165) is 25.4 Å². The second-order valence-electron chi connectivity index (χ2n) is 5.97. The van der Waals surface area contributed by atoms with Gasteiger partial charge in [0, 0.05) is 19.2 Å². The van der Waals surface area contributed by atoms with Crippen LogP contribution < -0.4 is 5.32 Å². The van der Waals surface area contributed by atoms with Crippen LogP contribution in [0.5, 0.6) is 0 Å². The number of hydrogen-bond acceptors (Lipinski definition) is 4. The first-order chi connectivity index (χ1) is 9.74. The number of hydrogen-bond donors (Lipinski definition) is 2. The highest BCUT2D eigenvalue weighted by Gasteiger charge is 2.21. The first-order valence-corrected chi connectivity index (χ1v) is 8.31. The minimum Gasteiger partial charge on any atom is -0.389 e. The summed E-state index contributed by atoms with van der Waals surface area (Å²) in [5, 5.41) is 13.4. The molecule has 0 aromatic rings. The van der Waals surface area contributed by atoms with Gasteiger partial charge in [-0.1, -0.05) is 33.1 Å². The zero-order valence-corrected chi connectivity index (χ0v) is 13.3. The topological polar surface area (TPSA) is 50.7 Å². The van der Waals surface area contributed by atoms with Gasteiger partial charge in [-0.2, -0.15) is 0 Å². The number of unbranched alkanes of at least 4 members (excludes halogenated alkanes) is 1. The molecule has 0 saturated heterocycles. The van der Waals surface area contributed by atoms with Crippen LogP contribution in [0.3, 0.4) is 0 Å². The Balaban J connectivity index is 1.93. The predicted octanol–water partition coefficient (Wildman–Crippen LogP) is 2.35. The highest BCUT2D eigenvalue weighted by molar-refractivity contribution is 4.78. The van der Waals surface area contributed by atoms with E-state index in [2.05, 4.69) is 19.2 Å². The van der Waals surface area contributed by atoms with Crippen LogP contribution in [0.2, 0.25) is 0 Å². The van der Waals surface area contributed by atoms with E-state index in [9.17, 15) is 5.11 Å². The maximum absolute atomic E-state index is 9.88. The molecule has 0 aromatic carbocycles. The lowest BCUT2D eigenvalue weighted by molar-refractivity contribution is 0.00234. The summed E-state index contributed by atoms with van der Waals surface area (Å²) in [6, 6.07) is 0.566. The minimum absolute atomic E-state index is 0.394. The van der Waals surface area contributed by atoms with Gasteiger partial charge in [-0.25, -0.2) is 0 Å². The molecule has 120 valence electrons. The van der Waals surface area contributed by atoms with Crippen molar-refractivity contribution in [3.8, 4) is 0 Å². The number of aliphatic hydroxyl groups excluding tert-OH is 1. The lowest BCUT2D eigenvalue weighted by atomic mass is 9.86. The quantitative estimate of drug-likeness (QED) is 0.573. The van der Waals surface area contributed by atoms with Gasteiger partial charge >= 0.3 is 0 Å². The van der Waals surface area contributed by atoms with Crippen LogP contribution in [0, 0.1) is 5.92 Å². The van der Waals surface area contributed by atoms with Crippen molar-refractivity contribution in [2.45, 2.75) is 64.5 Å². The molecule has 0 heterocycles. The molecule has 3 unspecified atom stereocenters. The monoisotopic (exact) mass is 287 g/mol. The van der Waals surface area contributed by atoms with Gasteiger partial charge in [0.1, 0.15) is 0 Å². The summed E-state index contributed by atoms with van der Waals surface area (Å²) in [7, 11) is 0. The van der Waals surface area contributed by atoms with Crippen molar-refractivity contribution >= 4 is 0 Å². The van der Waals surface area contributed by atoms with Crippen molar-refractivity contribution < 1.29 is 14.6 Å². The fourth-order valence-corrected chi connectivity index (χ4v) is 2.65. The third kappa shape index (κ3) is 8.20. The van der Waals surface area contributed by atoms with Crippen molar-refractivity contribution in [2.75, 3.05) is 33.0 Å². The van der Waals surface area contributed by atoms with Crippen LogP contribution in [-0.4, -0.2) is 50.2 Å². The minimum atomic E-state index is -0.417. The molecule has 1 aliphatic carbocycles. The van der Waals surface area contributed by atoms with Gasteiger partial charge in [0.05, 0.1) is 25.9 Å². The van der Waals surface area contributed by atoms with Crippen LogP contribution in [0.15, 0.2) is 0 Å². The van der Waals surface area contributed by atoms with E-state index in [4.69, 9.17) is 9.47 Å². The fourth-order valence-electron chi connectivity index (χ4n) is 2.65. The summed E-state index contributed by atoms with van der Waals surface area (Å²) < 4.78 is 10.8. The molecule has 1 fully saturated rings. The molecule has 1 aliphatic rings. The molecule has 20 heavy (non-hydrogen) atoms. The molecule has 0 aromatic heterocycles. The molecule has 0 bridgehead atoms. The lowest BCUT2D eigenvalue weighted by Gasteiger charge is -2.30. The van der Waals surface area contributed by atoms with E-state index in [1.54, 1.807) is 0 Å². The molecule has 4 nitrogen and oxygen atoms in total. The summed E-state index contributed by atoms with van der Waals surface area (Å²) >= 11 is 0. The van der Waals surface area contributed by atoms with Gasteiger partial charge in [0.15, 0.2) is 0 Å². The Hall–Kier alpha value is -0.160. The molecule has 3 atom stereocenters. The summed E-state index contributed by atoms with van der Waals surface area (Å²) in [4.78, 5) is 0. The largest absolute Gasteiger partial charge is 0.389 e. The Morgan fingerprint density at radius 2 is 1.90 bits per heavy atom. The van der Waals surface area contributed by atoms with Gasteiger partial charge < -0.3 is 19.9 Å². The van der Waals surface area contributed by atoms with Crippen LogP contribution in [0.25, 0.3) is 0 Å².